The topological polar surface area (TPSA) is 106 Å². The molecule has 0 bridgehead atoms. The second kappa shape index (κ2) is 5.81. The molecule has 0 radical (unpaired) electrons. The van der Waals surface area contributed by atoms with Gasteiger partial charge in [-0.1, -0.05) is 12.1 Å². The standard InChI is InChI=1S/C13H10N2O5/c16-13(14-17)7-5-11-4-6-12(20-11)9-2-1-3-10(8-9)15(18)19/h1-8,17H,(H,14,16)/b7-5+. The second-order valence-corrected chi connectivity index (χ2v) is 3.82. The molecule has 0 aliphatic rings. The van der Waals surface area contributed by atoms with Crippen molar-refractivity contribution in [2.75, 3.05) is 0 Å². The molecule has 1 aromatic heterocycles. The average molecular weight is 274 g/mol. The lowest BCUT2D eigenvalue weighted by Crippen LogP contribution is -2.14. The van der Waals surface area contributed by atoms with Gasteiger partial charge in [0.1, 0.15) is 11.5 Å². The van der Waals surface area contributed by atoms with Crippen molar-refractivity contribution >= 4 is 17.7 Å². The number of non-ortho nitro benzene ring substituents is 1. The van der Waals surface area contributed by atoms with Crippen molar-refractivity contribution in [2.24, 2.45) is 0 Å². The van der Waals surface area contributed by atoms with Crippen LogP contribution in [0, 0.1) is 10.1 Å². The third-order valence-corrected chi connectivity index (χ3v) is 2.48. The lowest BCUT2D eigenvalue weighted by atomic mass is 10.1. The number of furan rings is 1. The summed E-state index contributed by atoms with van der Waals surface area (Å²) in [5.41, 5.74) is 1.98. The largest absolute Gasteiger partial charge is 0.457 e. The average Bonchev–Trinajstić information content (AvgIpc) is 2.93. The van der Waals surface area contributed by atoms with E-state index in [2.05, 4.69) is 0 Å². The summed E-state index contributed by atoms with van der Waals surface area (Å²) in [5.74, 6) is 0.145. The maximum absolute atomic E-state index is 10.8. The summed E-state index contributed by atoms with van der Waals surface area (Å²) in [7, 11) is 0. The molecule has 7 nitrogen and oxygen atoms in total. The number of hydrogen-bond acceptors (Lipinski definition) is 5. The van der Waals surface area contributed by atoms with Crippen LogP contribution in [0.15, 0.2) is 46.9 Å². The number of hydrogen-bond donors (Lipinski definition) is 2. The summed E-state index contributed by atoms with van der Waals surface area (Å²) >= 11 is 0. The van der Waals surface area contributed by atoms with Gasteiger partial charge in [-0.2, -0.15) is 0 Å². The molecule has 2 rings (SSSR count). The van der Waals surface area contributed by atoms with E-state index in [9.17, 15) is 14.9 Å². The van der Waals surface area contributed by atoms with Crippen molar-refractivity contribution < 1.29 is 19.3 Å². The van der Waals surface area contributed by atoms with Crippen molar-refractivity contribution in [1.29, 1.82) is 0 Å². The highest BCUT2D eigenvalue weighted by molar-refractivity contribution is 5.90. The number of carbonyl (C=O) groups is 1. The molecule has 1 amide bonds. The molecule has 0 saturated carbocycles. The fraction of sp³-hybridized carbons (Fsp3) is 0. The van der Waals surface area contributed by atoms with Gasteiger partial charge in [0.15, 0.2) is 0 Å². The van der Waals surface area contributed by atoms with E-state index in [1.165, 1.54) is 23.7 Å². The van der Waals surface area contributed by atoms with Gasteiger partial charge in [0.05, 0.1) is 4.92 Å². The summed E-state index contributed by atoms with van der Waals surface area (Å²) in [6.45, 7) is 0. The first kappa shape index (κ1) is 13.5. The number of nitrogens with one attached hydrogen (secondary N) is 1. The van der Waals surface area contributed by atoms with Crippen LogP contribution >= 0.6 is 0 Å². The molecule has 0 aliphatic carbocycles. The molecule has 0 aliphatic heterocycles. The Labute approximate surface area is 113 Å². The molecule has 7 heteroatoms. The predicted molar refractivity (Wildman–Crippen MR) is 69.8 cm³/mol. The van der Waals surface area contributed by atoms with Gasteiger partial charge in [-0.25, -0.2) is 5.48 Å². The summed E-state index contributed by atoms with van der Waals surface area (Å²) in [6, 6.07) is 9.26. The molecule has 1 aromatic carbocycles. The monoisotopic (exact) mass is 274 g/mol. The number of amides is 1. The molecule has 0 saturated heterocycles. The van der Waals surface area contributed by atoms with Crippen LogP contribution in [0.2, 0.25) is 0 Å². The van der Waals surface area contributed by atoms with Crippen LogP contribution in [0.4, 0.5) is 5.69 Å². The first-order chi connectivity index (χ1) is 9.60. The number of nitrogens with zero attached hydrogens (tertiary/aromatic N) is 1. The highest BCUT2D eigenvalue weighted by atomic mass is 16.6. The highest BCUT2D eigenvalue weighted by Gasteiger charge is 2.09. The molecule has 0 spiro atoms. The fourth-order valence-electron chi connectivity index (χ4n) is 1.57. The molecular weight excluding hydrogens is 264 g/mol. The highest BCUT2D eigenvalue weighted by Crippen LogP contribution is 2.26. The van der Waals surface area contributed by atoms with E-state index in [1.54, 1.807) is 24.3 Å². The van der Waals surface area contributed by atoms with Gasteiger partial charge >= 0.3 is 0 Å². The van der Waals surface area contributed by atoms with Gasteiger partial charge in [-0.05, 0) is 18.2 Å². The predicted octanol–water partition coefficient (Wildman–Crippen LogP) is 2.37. The number of nitro benzene ring substituents is 1. The van der Waals surface area contributed by atoms with Crippen LogP contribution in [0.5, 0.6) is 0 Å². The van der Waals surface area contributed by atoms with E-state index in [0.29, 0.717) is 17.1 Å². The maximum Gasteiger partial charge on any atom is 0.270 e. The Hall–Kier alpha value is -2.93. The summed E-state index contributed by atoms with van der Waals surface area (Å²) in [6.07, 6.45) is 2.46. The van der Waals surface area contributed by atoms with Crippen LogP contribution in [0.25, 0.3) is 17.4 Å². The number of carbonyl (C=O) groups excluding carboxylic acids is 1. The summed E-state index contributed by atoms with van der Waals surface area (Å²) < 4.78 is 5.43. The first-order valence-electron chi connectivity index (χ1n) is 5.57. The number of benzene rings is 1. The lowest BCUT2D eigenvalue weighted by Gasteiger charge is -1.96. The maximum atomic E-state index is 10.8. The van der Waals surface area contributed by atoms with Crippen molar-refractivity contribution in [3.05, 3.63) is 58.3 Å². The Morgan fingerprint density at radius 1 is 1.35 bits per heavy atom. The first-order valence-corrected chi connectivity index (χ1v) is 5.57. The molecule has 1 heterocycles. The number of hydroxylamine groups is 1. The molecule has 20 heavy (non-hydrogen) atoms. The Morgan fingerprint density at radius 3 is 2.85 bits per heavy atom. The van der Waals surface area contributed by atoms with E-state index in [0.717, 1.165) is 6.08 Å². The number of nitro groups is 1. The van der Waals surface area contributed by atoms with Gasteiger partial charge in [-0.3, -0.25) is 20.1 Å². The Kier molecular flexibility index (Phi) is 3.92. The second-order valence-electron chi connectivity index (χ2n) is 3.82. The third kappa shape index (κ3) is 3.09. The molecular formula is C13H10N2O5. The van der Waals surface area contributed by atoms with Gasteiger partial charge < -0.3 is 4.42 Å². The molecule has 0 atom stereocenters. The minimum Gasteiger partial charge on any atom is -0.457 e. The van der Waals surface area contributed by atoms with Gasteiger partial charge in [-0.15, -0.1) is 0 Å². The lowest BCUT2D eigenvalue weighted by molar-refractivity contribution is -0.384. The van der Waals surface area contributed by atoms with Crippen molar-refractivity contribution in [3.8, 4) is 11.3 Å². The molecule has 0 fully saturated rings. The van der Waals surface area contributed by atoms with Crippen molar-refractivity contribution in [2.45, 2.75) is 0 Å². The van der Waals surface area contributed by atoms with E-state index in [1.807, 2.05) is 0 Å². The van der Waals surface area contributed by atoms with E-state index in [4.69, 9.17) is 9.62 Å². The van der Waals surface area contributed by atoms with Crippen LogP contribution in [-0.2, 0) is 4.79 Å². The quantitative estimate of drug-likeness (QED) is 0.385. The molecule has 2 N–H and O–H groups in total. The molecule has 102 valence electrons. The minimum atomic E-state index is -0.682. The zero-order valence-electron chi connectivity index (χ0n) is 10.1. The zero-order chi connectivity index (χ0) is 14.5. The van der Waals surface area contributed by atoms with Gasteiger partial charge in [0.2, 0.25) is 0 Å². The van der Waals surface area contributed by atoms with Gasteiger partial charge in [0.25, 0.3) is 11.6 Å². The minimum absolute atomic E-state index is 0.0318. The zero-order valence-corrected chi connectivity index (χ0v) is 10.1. The SMILES string of the molecule is O=C(/C=C/c1ccc(-c2cccc([N+](=O)[O-])c2)o1)NO. The van der Waals surface area contributed by atoms with E-state index in [-0.39, 0.29) is 5.69 Å². The van der Waals surface area contributed by atoms with Crippen molar-refractivity contribution in [3.63, 3.8) is 0 Å². The van der Waals surface area contributed by atoms with E-state index < -0.39 is 10.8 Å². The summed E-state index contributed by atoms with van der Waals surface area (Å²) in [5, 5.41) is 19.0. The third-order valence-electron chi connectivity index (χ3n) is 2.48. The Morgan fingerprint density at radius 2 is 2.15 bits per heavy atom. The van der Waals surface area contributed by atoms with E-state index >= 15 is 0 Å². The van der Waals surface area contributed by atoms with Crippen LogP contribution in [0.1, 0.15) is 5.76 Å². The number of rotatable bonds is 4. The van der Waals surface area contributed by atoms with Crippen molar-refractivity contribution in [1.82, 2.24) is 5.48 Å². The molecule has 2 aromatic rings. The Balaban J connectivity index is 2.24. The molecule has 0 unspecified atom stereocenters. The fourth-order valence-corrected chi connectivity index (χ4v) is 1.57. The smallest absolute Gasteiger partial charge is 0.270 e. The summed E-state index contributed by atoms with van der Waals surface area (Å²) in [4.78, 5) is 21.0. The van der Waals surface area contributed by atoms with Gasteiger partial charge in [0, 0.05) is 23.8 Å². The Bertz CT molecular complexity index is 675. The van der Waals surface area contributed by atoms with Crippen LogP contribution in [-0.4, -0.2) is 16.0 Å². The van der Waals surface area contributed by atoms with Crippen LogP contribution < -0.4 is 5.48 Å². The normalized spacial score (nSPS) is 10.7. The van der Waals surface area contributed by atoms with Crippen LogP contribution in [0.3, 0.4) is 0 Å².